The molecular formula is C12H17N3O2S. The maximum Gasteiger partial charge on any atom is 0.339 e. The molecule has 18 heavy (non-hydrogen) atoms. The van der Waals surface area contributed by atoms with Crippen molar-refractivity contribution in [2.24, 2.45) is 0 Å². The van der Waals surface area contributed by atoms with Crippen LogP contribution in [0, 0.1) is 0 Å². The Morgan fingerprint density at radius 2 is 2.39 bits per heavy atom. The molecule has 1 aromatic rings. The average Bonchev–Trinajstić information content (AvgIpc) is 2.33. The summed E-state index contributed by atoms with van der Waals surface area (Å²) in [5.41, 5.74) is 0.727. The maximum absolute atomic E-state index is 11.0. The zero-order chi connectivity index (χ0) is 13.0. The van der Waals surface area contributed by atoms with Crippen LogP contribution in [0.2, 0.25) is 0 Å². The molecule has 0 bridgehead atoms. The number of rotatable bonds is 6. The molecule has 0 amide bonds. The number of thioether (sulfide) groups is 1. The molecule has 0 aromatic carbocycles. The number of nitrogens with zero attached hydrogens (tertiary/aromatic N) is 2. The van der Waals surface area contributed by atoms with E-state index in [1.54, 1.807) is 0 Å². The van der Waals surface area contributed by atoms with E-state index in [-0.39, 0.29) is 5.56 Å². The third-order valence-electron chi connectivity index (χ3n) is 3.46. The van der Waals surface area contributed by atoms with Crippen molar-refractivity contribution in [3.8, 4) is 0 Å². The van der Waals surface area contributed by atoms with Crippen molar-refractivity contribution in [3.63, 3.8) is 0 Å². The number of aromatic nitrogens is 2. The van der Waals surface area contributed by atoms with Crippen molar-refractivity contribution in [3.05, 3.63) is 23.8 Å². The molecule has 0 saturated heterocycles. The lowest BCUT2D eigenvalue weighted by Crippen LogP contribution is -2.43. The molecule has 1 aliphatic rings. The van der Waals surface area contributed by atoms with E-state index in [9.17, 15) is 4.79 Å². The molecular weight excluding hydrogens is 250 g/mol. The highest BCUT2D eigenvalue weighted by Gasteiger charge is 2.35. The first-order valence-electron chi connectivity index (χ1n) is 5.95. The summed E-state index contributed by atoms with van der Waals surface area (Å²) >= 11 is 1.89. The van der Waals surface area contributed by atoms with Gasteiger partial charge in [-0.1, -0.05) is 6.42 Å². The maximum atomic E-state index is 11.0. The first kappa shape index (κ1) is 13.3. The van der Waals surface area contributed by atoms with Gasteiger partial charge in [0.05, 0.1) is 5.69 Å². The Bertz CT molecular complexity index is 430. The molecule has 0 spiro atoms. The summed E-state index contributed by atoms with van der Waals surface area (Å²) in [6.45, 7) is 1.38. The van der Waals surface area contributed by atoms with E-state index in [2.05, 4.69) is 21.5 Å². The summed E-state index contributed by atoms with van der Waals surface area (Å²) in [5.74, 6) is -0.976. The summed E-state index contributed by atoms with van der Waals surface area (Å²) in [4.78, 5) is 18.8. The molecule has 1 aromatic heterocycles. The van der Waals surface area contributed by atoms with Crippen LogP contribution in [0.5, 0.6) is 0 Å². The van der Waals surface area contributed by atoms with E-state index in [0.29, 0.717) is 17.0 Å². The minimum absolute atomic E-state index is 0.178. The Morgan fingerprint density at radius 1 is 1.61 bits per heavy atom. The van der Waals surface area contributed by atoms with E-state index < -0.39 is 5.97 Å². The molecule has 98 valence electrons. The lowest BCUT2D eigenvalue weighted by Gasteiger charge is -2.40. The molecule has 0 atom stereocenters. The molecule has 1 aliphatic carbocycles. The van der Waals surface area contributed by atoms with E-state index in [0.717, 1.165) is 6.54 Å². The Labute approximate surface area is 110 Å². The third kappa shape index (κ3) is 2.81. The number of carbonyl (C=O) groups is 1. The molecule has 1 fully saturated rings. The lowest BCUT2D eigenvalue weighted by molar-refractivity contribution is 0.0694. The van der Waals surface area contributed by atoms with Gasteiger partial charge < -0.3 is 10.4 Å². The van der Waals surface area contributed by atoms with Crippen LogP contribution in [-0.2, 0) is 6.54 Å². The third-order valence-corrected chi connectivity index (χ3v) is 4.88. The molecule has 6 heteroatoms. The number of hydrogen-bond acceptors (Lipinski definition) is 5. The number of hydrogen-bond donors (Lipinski definition) is 2. The van der Waals surface area contributed by atoms with Crippen molar-refractivity contribution in [1.82, 2.24) is 15.3 Å². The Kier molecular flexibility index (Phi) is 4.19. The normalized spacial score (nSPS) is 17.2. The highest BCUT2D eigenvalue weighted by Crippen LogP contribution is 2.42. The van der Waals surface area contributed by atoms with Crippen LogP contribution >= 0.6 is 11.8 Å². The van der Waals surface area contributed by atoms with Gasteiger partial charge in [-0.2, -0.15) is 11.8 Å². The van der Waals surface area contributed by atoms with Crippen LogP contribution in [0.1, 0.15) is 35.3 Å². The minimum Gasteiger partial charge on any atom is -0.478 e. The van der Waals surface area contributed by atoms with Crippen LogP contribution < -0.4 is 5.32 Å². The monoisotopic (exact) mass is 267 g/mol. The van der Waals surface area contributed by atoms with Crippen molar-refractivity contribution < 1.29 is 9.90 Å². The summed E-state index contributed by atoms with van der Waals surface area (Å²) in [7, 11) is 0. The van der Waals surface area contributed by atoms with Gasteiger partial charge in [-0.15, -0.1) is 0 Å². The van der Waals surface area contributed by atoms with Gasteiger partial charge >= 0.3 is 5.97 Å². The fourth-order valence-electron chi connectivity index (χ4n) is 2.11. The van der Waals surface area contributed by atoms with Crippen LogP contribution in [0.15, 0.2) is 12.5 Å². The molecule has 0 radical (unpaired) electrons. The fourth-order valence-corrected chi connectivity index (χ4v) is 3.05. The topological polar surface area (TPSA) is 75.1 Å². The summed E-state index contributed by atoms with van der Waals surface area (Å²) < 4.78 is 0.344. The standard InChI is InChI=1S/C12H17N3O2S/c1-18-12(3-2-4-12)7-13-6-10-9(11(16)17)5-14-8-15-10/h5,8,13H,2-4,6-7H2,1H3,(H,16,17). The van der Waals surface area contributed by atoms with Crippen LogP contribution in [-0.4, -0.2) is 38.6 Å². The Balaban J connectivity index is 1.92. The molecule has 1 heterocycles. The fraction of sp³-hybridized carbons (Fsp3) is 0.583. The average molecular weight is 267 g/mol. The zero-order valence-electron chi connectivity index (χ0n) is 10.3. The van der Waals surface area contributed by atoms with E-state index in [1.807, 2.05) is 11.8 Å². The van der Waals surface area contributed by atoms with Gasteiger partial charge in [-0.3, -0.25) is 0 Å². The molecule has 0 unspecified atom stereocenters. The van der Waals surface area contributed by atoms with Crippen LogP contribution in [0.3, 0.4) is 0 Å². The quantitative estimate of drug-likeness (QED) is 0.814. The predicted molar refractivity (Wildman–Crippen MR) is 70.8 cm³/mol. The summed E-state index contributed by atoms with van der Waals surface area (Å²) in [6.07, 6.45) is 8.62. The zero-order valence-corrected chi connectivity index (χ0v) is 11.2. The molecule has 2 N–H and O–H groups in total. The first-order valence-corrected chi connectivity index (χ1v) is 7.17. The smallest absolute Gasteiger partial charge is 0.339 e. The molecule has 5 nitrogen and oxygen atoms in total. The van der Waals surface area contributed by atoms with Gasteiger partial charge in [-0.25, -0.2) is 14.8 Å². The lowest BCUT2D eigenvalue weighted by atomic mass is 9.84. The summed E-state index contributed by atoms with van der Waals surface area (Å²) in [5, 5.41) is 12.3. The summed E-state index contributed by atoms with van der Waals surface area (Å²) in [6, 6.07) is 0. The molecule has 2 rings (SSSR count). The van der Waals surface area contributed by atoms with Gasteiger partial charge in [-0.05, 0) is 19.1 Å². The van der Waals surface area contributed by atoms with Crippen molar-refractivity contribution in [2.75, 3.05) is 12.8 Å². The number of carboxylic acids is 1. The SMILES string of the molecule is CSC1(CNCc2ncncc2C(=O)O)CCC1. The Hall–Kier alpha value is -1.14. The van der Waals surface area contributed by atoms with Crippen LogP contribution in [0.25, 0.3) is 0 Å². The number of carboxylic acid groups (broad SMARTS) is 1. The number of nitrogens with one attached hydrogen (secondary N) is 1. The van der Waals surface area contributed by atoms with Gasteiger partial charge in [0.1, 0.15) is 11.9 Å². The van der Waals surface area contributed by atoms with Gasteiger partial charge in [0.25, 0.3) is 0 Å². The van der Waals surface area contributed by atoms with Crippen molar-refractivity contribution >= 4 is 17.7 Å². The second-order valence-corrected chi connectivity index (χ2v) is 5.81. The highest BCUT2D eigenvalue weighted by atomic mass is 32.2. The second kappa shape index (κ2) is 5.67. The van der Waals surface area contributed by atoms with Gasteiger partial charge in [0.2, 0.25) is 0 Å². The van der Waals surface area contributed by atoms with E-state index >= 15 is 0 Å². The molecule has 1 saturated carbocycles. The molecule has 0 aliphatic heterocycles. The predicted octanol–water partition coefficient (Wildman–Crippen LogP) is 1.55. The minimum atomic E-state index is -0.976. The second-order valence-electron chi connectivity index (χ2n) is 4.53. The number of aromatic carboxylic acids is 1. The van der Waals surface area contributed by atoms with E-state index in [4.69, 9.17) is 5.11 Å². The van der Waals surface area contributed by atoms with Crippen molar-refractivity contribution in [1.29, 1.82) is 0 Å². The Morgan fingerprint density at radius 3 is 2.94 bits per heavy atom. The van der Waals surface area contributed by atoms with Gasteiger partial charge in [0.15, 0.2) is 0 Å². The largest absolute Gasteiger partial charge is 0.478 e. The van der Waals surface area contributed by atoms with Crippen molar-refractivity contribution in [2.45, 2.75) is 30.6 Å². The first-order chi connectivity index (χ1) is 8.67. The van der Waals surface area contributed by atoms with E-state index in [1.165, 1.54) is 31.8 Å². The van der Waals surface area contributed by atoms with Gasteiger partial charge in [0, 0.05) is 24.0 Å². The van der Waals surface area contributed by atoms with Crippen LogP contribution in [0.4, 0.5) is 0 Å². The highest BCUT2D eigenvalue weighted by molar-refractivity contribution is 8.00.